The molecule has 3 rings (SSSR count). The fraction of sp³-hybridized carbons (Fsp3) is 0.429. The van der Waals surface area contributed by atoms with Crippen molar-refractivity contribution >= 4 is 5.95 Å². The number of aromatic nitrogens is 3. The van der Waals surface area contributed by atoms with E-state index in [1.54, 1.807) is 0 Å². The molecule has 1 aromatic heterocycles. The van der Waals surface area contributed by atoms with E-state index in [0.29, 0.717) is 12.1 Å². The number of H-pyrrole nitrogens is 1. The molecule has 1 saturated heterocycles. The standard InChI is InChI=1S/C14H19N5/c1-10-8-19(9-11(2)15-10)14-16-13(17-18-14)12-6-4-3-5-7-12/h3-7,10-11,15H,8-9H2,1-2H3,(H,16,17,18). The summed E-state index contributed by atoms with van der Waals surface area (Å²) in [6.07, 6.45) is 0. The van der Waals surface area contributed by atoms with Crippen molar-refractivity contribution in [1.82, 2.24) is 20.5 Å². The highest BCUT2D eigenvalue weighted by atomic mass is 15.4. The lowest BCUT2D eigenvalue weighted by Gasteiger charge is -2.35. The van der Waals surface area contributed by atoms with E-state index in [9.17, 15) is 0 Å². The van der Waals surface area contributed by atoms with Gasteiger partial charge in [-0.05, 0) is 13.8 Å². The van der Waals surface area contributed by atoms with Crippen LogP contribution < -0.4 is 10.2 Å². The Kier molecular flexibility index (Phi) is 3.21. The largest absolute Gasteiger partial charge is 0.336 e. The predicted molar refractivity (Wildman–Crippen MR) is 76.1 cm³/mol. The average Bonchev–Trinajstić information content (AvgIpc) is 2.88. The molecule has 2 N–H and O–H groups in total. The third-order valence-corrected chi connectivity index (χ3v) is 3.36. The van der Waals surface area contributed by atoms with E-state index in [1.165, 1.54) is 0 Å². The molecule has 0 saturated carbocycles. The van der Waals surface area contributed by atoms with Gasteiger partial charge < -0.3 is 10.2 Å². The number of nitrogens with one attached hydrogen (secondary N) is 2. The monoisotopic (exact) mass is 257 g/mol. The summed E-state index contributed by atoms with van der Waals surface area (Å²) >= 11 is 0. The number of anilines is 1. The van der Waals surface area contributed by atoms with Crippen molar-refractivity contribution < 1.29 is 0 Å². The van der Waals surface area contributed by atoms with Crippen LogP contribution in [0, 0.1) is 0 Å². The van der Waals surface area contributed by atoms with Gasteiger partial charge in [-0.15, -0.1) is 5.10 Å². The molecule has 5 nitrogen and oxygen atoms in total. The van der Waals surface area contributed by atoms with E-state index in [-0.39, 0.29) is 0 Å². The van der Waals surface area contributed by atoms with Crippen LogP contribution in [0.25, 0.3) is 11.4 Å². The van der Waals surface area contributed by atoms with Crippen molar-refractivity contribution in [3.63, 3.8) is 0 Å². The van der Waals surface area contributed by atoms with Gasteiger partial charge in [-0.25, -0.2) is 0 Å². The second-order valence-electron chi connectivity index (χ2n) is 5.22. The number of benzene rings is 1. The Morgan fingerprint density at radius 2 is 1.79 bits per heavy atom. The minimum absolute atomic E-state index is 0.461. The molecule has 2 aromatic rings. The first-order chi connectivity index (χ1) is 9.22. The Balaban J connectivity index is 1.81. The third kappa shape index (κ3) is 2.61. The minimum Gasteiger partial charge on any atom is -0.336 e. The number of hydrogen-bond donors (Lipinski definition) is 2. The number of nitrogens with zero attached hydrogens (tertiary/aromatic N) is 3. The van der Waals surface area contributed by atoms with E-state index in [1.807, 2.05) is 30.3 Å². The third-order valence-electron chi connectivity index (χ3n) is 3.36. The normalized spacial score (nSPS) is 23.6. The predicted octanol–water partition coefficient (Wildman–Crippen LogP) is 1.66. The van der Waals surface area contributed by atoms with Crippen molar-refractivity contribution in [2.75, 3.05) is 18.0 Å². The maximum atomic E-state index is 4.60. The lowest BCUT2D eigenvalue weighted by atomic mass is 10.1. The summed E-state index contributed by atoms with van der Waals surface area (Å²) < 4.78 is 0. The van der Waals surface area contributed by atoms with Gasteiger partial charge in [0.05, 0.1) is 0 Å². The quantitative estimate of drug-likeness (QED) is 0.859. The molecule has 0 amide bonds. The van der Waals surface area contributed by atoms with Gasteiger partial charge in [-0.3, -0.25) is 5.10 Å². The first kappa shape index (κ1) is 12.2. The highest BCUT2D eigenvalue weighted by Gasteiger charge is 2.23. The molecule has 1 fully saturated rings. The Morgan fingerprint density at radius 1 is 1.11 bits per heavy atom. The van der Waals surface area contributed by atoms with Gasteiger partial charge in [0.25, 0.3) is 0 Å². The fourth-order valence-electron chi connectivity index (χ4n) is 2.61. The first-order valence-electron chi connectivity index (χ1n) is 6.71. The van der Waals surface area contributed by atoms with Crippen molar-refractivity contribution in [1.29, 1.82) is 0 Å². The summed E-state index contributed by atoms with van der Waals surface area (Å²) in [7, 11) is 0. The van der Waals surface area contributed by atoms with Crippen molar-refractivity contribution in [3.05, 3.63) is 30.3 Å². The molecule has 1 aliphatic rings. The zero-order valence-corrected chi connectivity index (χ0v) is 11.3. The topological polar surface area (TPSA) is 56.8 Å². The summed E-state index contributed by atoms with van der Waals surface area (Å²) in [5.41, 5.74) is 1.07. The molecule has 100 valence electrons. The van der Waals surface area contributed by atoms with E-state index >= 15 is 0 Å². The van der Waals surface area contributed by atoms with E-state index in [0.717, 1.165) is 30.4 Å². The molecule has 19 heavy (non-hydrogen) atoms. The smallest absolute Gasteiger partial charge is 0.245 e. The summed E-state index contributed by atoms with van der Waals surface area (Å²) in [5.74, 6) is 1.62. The van der Waals surface area contributed by atoms with E-state index < -0.39 is 0 Å². The lowest BCUT2D eigenvalue weighted by molar-refractivity contribution is 0.403. The van der Waals surface area contributed by atoms with Crippen LogP contribution in [0.3, 0.4) is 0 Å². The Bertz CT molecular complexity index is 526. The SMILES string of the molecule is CC1CN(c2n[nH]c(-c3ccccc3)n2)CC(C)N1. The maximum Gasteiger partial charge on any atom is 0.245 e. The average molecular weight is 257 g/mol. The molecule has 2 unspecified atom stereocenters. The van der Waals surface area contributed by atoms with Crippen LogP contribution in [0.5, 0.6) is 0 Å². The van der Waals surface area contributed by atoms with Crippen LogP contribution in [0.2, 0.25) is 0 Å². The van der Waals surface area contributed by atoms with Crippen LogP contribution in [0.1, 0.15) is 13.8 Å². The second kappa shape index (κ2) is 5.01. The Morgan fingerprint density at radius 3 is 2.47 bits per heavy atom. The van der Waals surface area contributed by atoms with E-state index in [4.69, 9.17) is 0 Å². The highest BCUT2D eigenvalue weighted by molar-refractivity contribution is 5.56. The van der Waals surface area contributed by atoms with Gasteiger partial charge in [0.15, 0.2) is 5.82 Å². The summed E-state index contributed by atoms with van der Waals surface area (Å²) in [6.45, 7) is 6.26. The molecular weight excluding hydrogens is 238 g/mol. The number of piperazine rings is 1. The van der Waals surface area contributed by atoms with Crippen LogP contribution in [-0.2, 0) is 0 Å². The zero-order chi connectivity index (χ0) is 13.2. The lowest BCUT2D eigenvalue weighted by Crippen LogP contribution is -2.54. The zero-order valence-electron chi connectivity index (χ0n) is 11.3. The van der Waals surface area contributed by atoms with Gasteiger partial charge in [0, 0.05) is 30.7 Å². The van der Waals surface area contributed by atoms with Crippen LogP contribution in [0.15, 0.2) is 30.3 Å². The summed E-state index contributed by atoms with van der Waals surface area (Å²) in [6, 6.07) is 11.0. The first-order valence-corrected chi connectivity index (χ1v) is 6.71. The van der Waals surface area contributed by atoms with Crippen LogP contribution >= 0.6 is 0 Å². The van der Waals surface area contributed by atoms with Gasteiger partial charge in [0.2, 0.25) is 5.95 Å². The van der Waals surface area contributed by atoms with Crippen LogP contribution in [0.4, 0.5) is 5.95 Å². The fourth-order valence-corrected chi connectivity index (χ4v) is 2.61. The van der Waals surface area contributed by atoms with Crippen molar-refractivity contribution in [3.8, 4) is 11.4 Å². The Hall–Kier alpha value is -1.88. The molecule has 2 heterocycles. The molecule has 1 aromatic carbocycles. The molecule has 0 radical (unpaired) electrons. The second-order valence-corrected chi connectivity index (χ2v) is 5.22. The minimum atomic E-state index is 0.461. The van der Waals surface area contributed by atoms with Gasteiger partial charge >= 0.3 is 0 Å². The molecule has 0 aliphatic carbocycles. The molecular formula is C14H19N5. The summed E-state index contributed by atoms with van der Waals surface area (Å²) in [5, 5.41) is 10.9. The molecule has 5 heteroatoms. The molecule has 0 spiro atoms. The van der Waals surface area contributed by atoms with Crippen molar-refractivity contribution in [2.45, 2.75) is 25.9 Å². The van der Waals surface area contributed by atoms with Crippen LogP contribution in [-0.4, -0.2) is 40.4 Å². The maximum absolute atomic E-state index is 4.60. The molecule has 0 bridgehead atoms. The molecule has 2 atom stereocenters. The number of rotatable bonds is 2. The number of aromatic amines is 1. The summed E-state index contributed by atoms with van der Waals surface area (Å²) in [4.78, 5) is 6.84. The van der Waals surface area contributed by atoms with E-state index in [2.05, 4.69) is 39.2 Å². The number of hydrogen-bond acceptors (Lipinski definition) is 4. The highest BCUT2D eigenvalue weighted by Crippen LogP contribution is 2.18. The Labute approximate surface area is 113 Å². The van der Waals surface area contributed by atoms with Gasteiger partial charge in [0.1, 0.15) is 0 Å². The molecule has 1 aliphatic heterocycles. The van der Waals surface area contributed by atoms with Gasteiger partial charge in [-0.1, -0.05) is 30.3 Å². The van der Waals surface area contributed by atoms with Crippen molar-refractivity contribution in [2.24, 2.45) is 0 Å². The van der Waals surface area contributed by atoms with Gasteiger partial charge in [-0.2, -0.15) is 4.98 Å².